The third kappa shape index (κ3) is 6.20. The molecule has 0 atom stereocenters. The molecule has 0 nitrogen and oxygen atoms in total. The van der Waals surface area contributed by atoms with Crippen LogP contribution in [0.3, 0.4) is 0 Å². The molecule has 0 aromatic heterocycles. The average molecular weight is 725 g/mol. The summed E-state index contributed by atoms with van der Waals surface area (Å²) < 4.78 is 37.9. The molecular weight excluding hydrogens is 673 g/mol. The van der Waals surface area contributed by atoms with Crippen LogP contribution in [0.5, 0.6) is 0 Å². The number of hydrogen-bond acceptors (Lipinski definition) is 0. The maximum Gasteiger partial charge on any atom is 0.0629 e. The van der Waals surface area contributed by atoms with Gasteiger partial charge in [-0.15, -0.1) is 0 Å². The van der Waals surface area contributed by atoms with E-state index >= 15 is 0 Å². The van der Waals surface area contributed by atoms with Crippen molar-refractivity contribution >= 4 is 32.3 Å². The molecule has 0 radical (unpaired) electrons. The number of rotatable bonds is 5. The second-order valence-corrected chi connectivity index (χ2v) is 17.0. The highest BCUT2D eigenvalue weighted by atomic mass is 14.3. The highest BCUT2D eigenvalue weighted by molar-refractivity contribution is 6.25. The van der Waals surface area contributed by atoms with Crippen LogP contribution in [0.4, 0.5) is 0 Å². The Bertz CT molecular complexity index is 3040. The Labute approximate surface area is 337 Å². The zero-order chi connectivity index (χ0) is 42.1. The van der Waals surface area contributed by atoms with Gasteiger partial charge in [-0.2, -0.15) is 0 Å². The molecule has 0 aliphatic carbocycles. The predicted molar refractivity (Wildman–Crippen MR) is 244 cm³/mol. The van der Waals surface area contributed by atoms with Gasteiger partial charge in [0.25, 0.3) is 0 Å². The van der Waals surface area contributed by atoms with Crippen molar-refractivity contribution in [2.24, 2.45) is 0 Å². The van der Waals surface area contributed by atoms with Crippen LogP contribution in [0.1, 0.15) is 58.2 Å². The first kappa shape index (κ1) is 31.0. The van der Waals surface area contributed by atoms with Crippen LogP contribution in [0, 0.1) is 0 Å². The van der Waals surface area contributed by atoms with Crippen molar-refractivity contribution in [3.8, 4) is 55.6 Å². The Kier molecular flexibility index (Phi) is 7.65. The Morgan fingerprint density at radius 3 is 1.30 bits per heavy atom. The summed E-state index contributed by atoms with van der Waals surface area (Å²) in [5.41, 5.74) is 12.0. The monoisotopic (exact) mass is 724 g/mol. The number of fused-ring (bicyclic) bond motifs is 3. The van der Waals surface area contributed by atoms with Crippen LogP contribution >= 0.6 is 0 Å². The second-order valence-electron chi connectivity index (χ2n) is 17.0. The quantitative estimate of drug-likeness (QED) is 0.155. The smallest absolute Gasteiger partial charge is 0.0616 e. The Balaban J connectivity index is 1.46. The van der Waals surface area contributed by atoms with Gasteiger partial charge in [-0.3, -0.25) is 0 Å². The normalized spacial score (nSPS) is 13.1. The van der Waals surface area contributed by atoms with Gasteiger partial charge < -0.3 is 0 Å². The largest absolute Gasteiger partial charge is 0.0629 e. The lowest BCUT2D eigenvalue weighted by molar-refractivity contribution is 0.590. The lowest BCUT2D eigenvalue weighted by Gasteiger charge is -2.24. The SMILES string of the molecule is [2H]c1c([2H])c([2H])c2c(-c3c(-c4ccc(C(C)(C)C)cc4)cccc3-c3ccc(C(C)(C)C)cc3)c3ccccc3c(-c3ccccc3-c3cccc4ccccc34)c2c1[2H]. The van der Waals surface area contributed by atoms with Gasteiger partial charge in [0.05, 0.1) is 5.48 Å². The van der Waals surface area contributed by atoms with E-state index in [0.717, 1.165) is 77.2 Å². The van der Waals surface area contributed by atoms with Crippen molar-refractivity contribution in [2.75, 3.05) is 0 Å². The summed E-state index contributed by atoms with van der Waals surface area (Å²) in [4.78, 5) is 0. The molecule has 0 aliphatic heterocycles. The maximum absolute atomic E-state index is 9.83. The lowest BCUT2D eigenvalue weighted by Crippen LogP contribution is -2.10. The molecular formula is C56H48. The van der Waals surface area contributed by atoms with E-state index in [0.29, 0.717) is 10.8 Å². The first-order chi connectivity index (χ1) is 28.7. The van der Waals surface area contributed by atoms with Crippen LogP contribution in [-0.4, -0.2) is 0 Å². The Hall–Kier alpha value is -6.24. The van der Waals surface area contributed by atoms with Crippen molar-refractivity contribution in [3.63, 3.8) is 0 Å². The van der Waals surface area contributed by atoms with Gasteiger partial charge in [0.15, 0.2) is 0 Å². The molecule has 56 heavy (non-hydrogen) atoms. The van der Waals surface area contributed by atoms with E-state index in [2.05, 4.69) is 175 Å². The molecule has 0 fully saturated rings. The molecule has 9 aromatic carbocycles. The van der Waals surface area contributed by atoms with Gasteiger partial charge in [-0.05, 0) is 110 Å². The van der Waals surface area contributed by atoms with E-state index in [1.807, 2.05) is 24.3 Å². The summed E-state index contributed by atoms with van der Waals surface area (Å²) >= 11 is 0. The average Bonchev–Trinajstić information content (AvgIpc) is 3.26. The third-order valence-corrected chi connectivity index (χ3v) is 11.4. The number of hydrogen-bond donors (Lipinski definition) is 0. The zero-order valence-corrected chi connectivity index (χ0v) is 33.0. The molecule has 9 rings (SSSR count). The van der Waals surface area contributed by atoms with Crippen LogP contribution in [0.2, 0.25) is 0 Å². The maximum atomic E-state index is 9.83. The summed E-state index contributed by atoms with van der Waals surface area (Å²) in [5, 5.41) is 5.11. The third-order valence-electron chi connectivity index (χ3n) is 11.4. The molecule has 0 heterocycles. The van der Waals surface area contributed by atoms with E-state index in [1.165, 1.54) is 11.1 Å². The summed E-state index contributed by atoms with van der Waals surface area (Å²) in [6.45, 7) is 13.3. The highest BCUT2D eigenvalue weighted by Gasteiger charge is 2.24. The van der Waals surface area contributed by atoms with Gasteiger partial charge in [0, 0.05) is 0 Å². The molecule has 272 valence electrons. The minimum absolute atomic E-state index is 0.0221. The van der Waals surface area contributed by atoms with E-state index < -0.39 is 0 Å². The van der Waals surface area contributed by atoms with E-state index in [-0.39, 0.29) is 35.0 Å². The molecule has 0 aliphatic rings. The molecule has 0 spiro atoms. The van der Waals surface area contributed by atoms with Crippen molar-refractivity contribution in [1.82, 2.24) is 0 Å². The van der Waals surface area contributed by atoms with Gasteiger partial charge in [0.1, 0.15) is 0 Å². The number of benzene rings is 9. The minimum Gasteiger partial charge on any atom is -0.0616 e. The lowest BCUT2D eigenvalue weighted by atomic mass is 9.79. The van der Waals surface area contributed by atoms with E-state index in [4.69, 9.17) is 1.37 Å². The van der Waals surface area contributed by atoms with Crippen molar-refractivity contribution in [2.45, 2.75) is 52.4 Å². The molecule has 9 aromatic rings. The van der Waals surface area contributed by atoms with Gasteiger partial charge in [-0.25, -0.2) is 0 Å². The summed E-state index contributed by atoms with van der Waals surface area (Å²) in [7, 11) is 0. The fraction of sp³-hybridized carbons (Fsp3) is 0.143. The first-order valence-electron chi connectivity index (χ1n) is 21.6. The standard InChI is InChI=1S/C56H48/c1-55(2,3)40-33-29-38(30-34-40)43-26-16-27-44(39-31-35-41(36-32-39)56(4,5)6)53(43)54-50-24-13-11-22-48(50)52(49-23-12-14-25-51(49)54)47-21-10-9-20-46(47)45-28-15-18-37-17-7-8-19-42(37)45/h7-36H,1-6H3/i11D,13D,22D,24D. The van der Waals surface area contributed by atoms with Gasteiger partial charge in [0.2, 0.25) is 0 Å². The van der Waals surface area contributed by atoms with Crippen molar-refractivity contribution in [3.05, 3.63) is 193 Å². The summed E-state index contributed by atoms with van der Waals surface area (Å²) in [6, 6.07) is 54.8. The molecule has 0 bridgehead atoms. The van der Waals surface area contributed by atoms with E-state index in [1.54, 1.807) is 0 Å². The Morgan fingerprint density at radius 1 is 0.321 bits per heavy atom. The van der Waals surface area contributed by atoms with Crippen molar-refractivity contribution in [1.29, 1.82) is 0 Å². The molecule has 0 unspecified atom stereocenters. The molecule has 0 saturated carbocycles. The summed E-state index contributed by atoms with van der Waals surface area (Å²) in [5.74, 6) is 0. The van der Waals surface area contributed by atoms with Gasteiger partial charge >= 0.3 is 0 Å². The fourth-order valence-electron chi connectivity index (χ4n) is 8.41. The fourth-order valence-corrected chi connectivity index (χ4v) is 8.41. The molecule has 0 amide bonds. The second kappa shape index (κ2) is 13.8. The van der Waals surface area contributed by atoms with Crippen LogP contribution in [-0.2, 0) is 10.8 Å². The van der Waals surface area contributed by atoms with Crippen LogP contribution < -0.4 is 0 Å². The Morgan fingerprint density at radius 2 is 0.732 bits per heavy atom. The predicted octanol–water partition coefficient (Wildman–Crippen LogP) is 16.1. The van der Waals surface area contributed by atoms with E-state index in [9.17, 15) is 4.11 Å². The van der Waals surface area contributed by atoms with Gasteiger partial charge in [-0.1, -0.05) is 223 Å². The highest BCUT2D eigenvalue weighted by Crippen LogP contribution is 2.51. The topological polar surface area (TPSA) is 0 Å². The minimum atomic E-state index is -0.250. The van der Waals surface area contributed by atoms with Crippen LogP contribution in [0.15, 0.2) is 182 Å². The summed E-state index contributed by atoms with van der Waals surface area (Å²) in [6.07, 6.45) is 0. The zero-order valence-electron chi connectivity index (χ0n) is 37.0. The van der Waals surface area contributed by atoms with Crippen molar-refractivity contribution < 1.29 is 5.48 Å². The molecule has 0 saturated heterocycles. The molecule has 0 N–H and O–H groups in total. The molecule has 0 heteroatoms. The van der Waals surface area contributed by atoms with Crippen LogP contribution in [0.25, 0.3) is 88.0 Å². The first-order valence-corrected chi connectivity index (χ1v) is 19.6.